The number of rotatable bonds is 8. The molecule has 8 nitrogen and oxygen atoms in total. The zero-order chi connectivity index (χ0) is 24.7. The molecule has 0 radical (unpaired) electrons. The van der Waals surface area contributed by atoms with E-state index in [1.165, 1.54) is 7.11 Å². The number of hydrogen-bond acceptors (Lipinski definition) is 5. The van der Waals surface area contributed by atoms with E-state index in [9.17, 15) is 14.4 Å². The molecule has 1 heterocycles. The van der Waals surface area contributed by atoms with Gasteiger partial charge in [-0.15, -0.1) is 0 Å². The summed E-state index contributed by atoms with van der Waals surface area (Å²) in [6.45, 7) is 1.98. The van der Waals surface area contributed by atoms with E-state index < -0.39 is 23.9 Å². The maximum Gasteiger partial charge on any atom is 0.328 e. The lowest BCUT2D eigenvalue weighted by Crippen LogP contribution is -2.42. The molecule has 0 bridgehead atoms. The summed E-state index contributed by atoms with van der Waals surface area (Å²) in [4.78, 5) is 42.5. The van der Waals surface area contributed by atoms with Gasteiger partial charge in [-0.2, -0.15) is 0 Å². The molecule has 0 aliphatic rings. The van der Waals surface area contributed by atoms with Crippen molar-refractivity contribution in [3.63, 3.8) is 0 Å². The highest BCUT2D eigenvalue weighted by Crippen LogP contribution is 2.30. The van der Waals surface area contributed by atoms with E-state index in [1.807, 2.05) is 13.0 Å². The van der Waals surface area contributed by atoms with Crippen molar-refractivity contribution in [3.05, 3.63) is 64.3 Å². The number of carbonyl (C=O) groups is 3. The van der Waals surface area contributed by atoms with Crippen molar-refractivity contribution in [3.8, 4) is 0 Å². The highest BCUT2D eigenvalue weighted by molar-refractivity contribution is 6.39. The molecule has 3 aromatic rings. The van der Waals surface area contributed by atoms with Crippen molar-refractivity contribution < 1.29 is 19.1 Å². The minimum atomic E-state index is -0.839. The van der Waals surface area contributed by atoms with E-state index in [0.29, 0.717) is 17.3 Å². The fourth-order valence-electron chi connectivity index (χ4n) is 3.29. The van der Waals surface area contributed by atoms with Gasteiger partial charge in [0.2, 0.25) is 0 Å². The van der Waals surface area contributed by atoms with Crippen molar-refractivity contribution in [1.29, 1.82) is 0 Å². The SMILES string of the molecule is CCCC[C@H](NC(=O)c1nc2ccccc2cc1NC(=O)Nc1c(Cl)cccc1Cl)C(=O)OC. The smallest absolute Gasteiger partial charge is 0.328 e. The first kappa shape index (κ1) is 25.3. The molecule has 178 valence electrons. The zero-order valence-electron chi connectivity index (χ0n) is 18.7. The number of methoxy groups -OCH3 is 1. The Morgan fingerprint density at radius 3 is 2.41 bits per heavy atom. The second kappa shape index (κ2) is 11.7. The van der Waals surface area contributed by atoms with E-state index in [1.54, 1.807) is 42.5 Å². The number of hydrogen-bond donors (Lipinski definition) is 3. The van der Waals surface area contributed by atoms with Crippen molar-refractivity contribution >= 4 is 63.4 Å². The van der Waals surface area contributed by atoms with Crippen LogP contribution in [0.25, 0.3) is 10.9 Å². The van der Waals surface area contributed by atoms with Gasteiger partial charge in [0.25, 0.3) is 5.91 Å². The number of fused-ring (bicyclic) bond motifs is 1. The molecule has 0 spiro atoms. The number of para-hydroxylation sites is 2. The van der Waals surface area contributed by atoms with Crippen LogP contribution in [0.2, 0.25) is 10.0 Å². The van der Waals surface area contributed by atoms with Crippen LogP contribution in [0, 0.1) is 0 Å². The van der Waals surface area contributed by atoms with Crippen molar-refractivity contribution in [2.45, 2.75) is 32.2 Å². The monoisotopic (exact) mass is 502 g/mol. The Labute approximate surface area is 207 Å². The van der Waals surface area contributed by atoms with E-state index in [4.69, 9.17) is 27.9 Å². The molecule has 10 heteroatoms. The quantitative estimate of drug-likeness (QED) is 0.345. The van der Waals surface area contributed by atoms with E-state index >= 15 is 0 Å². The molecular weight excluding hydrogens is 479 g/mol. The molecule has 3 amide bonds. The van der Waals surface area contributed by atoms with Crippen LogP contribution in [-0.4, -0.2) is 36.0 Å². The normalized spacial score (nSPS) is 11.5. The van der Waals surface area contributed by atoms with Crippen LogP contribution in [0.15, 0.2) is 48.5 Å². The van der Waals surface area contributed by atoms with E-state index in [2.05, 4.69) is 20.9 Å². The van der Waals surface area contributed by atoms with Gasteiger partial charge in [-0.25, -0.2) is 14.6 Å². The Morgan fingerprint density at radius 1 is 1.03 bits per heavy atom. The molecule has 3 rings (SSSR count). The summed E-state index contributed by atoms with van der Waals surface area (Å²) >= 11 is 12.3. The molecule has 0 unspecified atom stereocenters. The van der Waals surface area contributed by atoms with Gasteiger partial charge >= 0.3 is 12.0 Å². The minimum Gasteiger partial charge on any atom is -0.467 e. The average Bonchev–Trinajstić information content (AvgIpc) is 2.83. The number of urea groups is 1. The number of amides is 3. The zero-order valence-corrected chi connectivity index (χ0v) is 20.2. The van der Waals surface area contributed by atoms with Gasteiger partial charge in [-0.3, -0.25) is 4.79 Å². The fraction of sp³-hybridized carbons (Fsp3) is 0.250. The average molecular weight is 503 g/mol. The predicted octanol–water partition coefficient (Wildman–Crippen LogP) is 5.65. The summed E-state index contributed by atoms with van der Waals surface area (Å²) in [6.07, 6.45) is 1.98. The first-order valence-electron chi connectivity index (χ1n) is 10.6. The lowest BCUT2D eigenvalue weighted by molar-refractivity contribution is -0.143. The number of pyridine rings is 1. The minimum absolute atomic E-state index is 0.0514. The van der Waals surface area contributed by atoms with Gasteiger partial charge in [0, 0.05) is 5.39 Å². The fourth-order valence-corrected chi connectivity index (χ4v) is 3.79. The third-order valence-corrected chi connectivity index (χ3v) is 5.66. The maximum atomic E-state index is 13.2. The summed E-state index contributed by atoms with van der Waals surface area (Å²) < 4.78 is 4.82. The first-order chi connectivity index (χ1) is 16.3. The van der Waals surface area contributed by atoms with Crippen LogP contribution < -0.4 is 16.0 Å². The second-order valence-electron chi connectivity index (χ2n) is 7.44. The predicted molar refractivity (Wildman–Crippen MR) is 134 cm³/mol. The summed E-state index contributed by atoms with van der Waals surface area (Å²) in [5.74, 6) is -1.17. The molecule has 34 heavy (non-hydrogen) atoms. The van der Waals surface area contributed by atoms with Gasteiger partial charge < -0.3 is 20.7 Å². The van der Waals surface area contributed by atoms with Crippen LogP contribution in [0.3, 0.4) is 0 Å². The van der Waals surface area contributed by atoms with Gasteiger partial charge in [0.15, 0.2) is 5.69 Å². The summed E-state index contributed by atoms with van der Waals surface area (Å²) in [5, 5.41) is 9.13. The van der Waals surface area contributed by atoms with Gasteiger partial charge in [-0.05, 0) is 30.7 Å². The van der Waals surface area contributed by atoms with Crippen molar-refractivity contribution in [2.75, 3.05) is 17.7 Å². The number of nitrogens with zero attached hydrogens (tertiary/aromatic N) is 1. The lowest BCUT2D eigenvalue weighted by atomic mass is 10.1. The second-order valence-corrected chi connectivity index (χ2v) is 8.26. The lowest BCUT2D eigenvalue weighted by Gasteiger charge is -2.18. The Morgan fingerprint density at radius 2 is 1.74 bits per heavy atom. The third kappa shape index (κ3) is 6.15. The summed E-state index contributed by atoms with van der Waals surface area (Å²) in [7, 11) is 1.26. The third-order valence-electron chi connectivity index (χ3n) is 5.03. The number of nitrogens with one attached hydrogen (secondary N) is 3. The summed E-state index contributed by atoms with van der Waals surface area (Å²) in [6, 6.07) is 12.1. The molecule has 1 aromatic heterocycles. The van der Waals surface area contributed by atoms with Gasteiger partial charge in [0.05, 0.1) is 34.0 Å². The Kier molecular flexibility index (Phi) is 8.67. The number of ether oxygens (including phenoxy) is 1. The highest BCUT2D eigenvalue weighted by Gasteiger charge is 2.25. The number of halogens is 2. The molecule has 0 aliphatic heterocycles. The molecule has 0 aliphatic carbocycles. The topological polar surface area (TPSA) is 109 Å². The van der Waals surface area contributed by atoms with Crippen LogP contribution in [0.1, 0.15) is 36.7 Å². The molecule has 1 atom stereocenters. The maximum absolute atomic E-state index is 13.2. The van der Waals surface area contributed by atoms with Gasteiger partial charge in [-0.1, -0.05) is 67.2 Å². The molecule has 0 fully saturated rings. The molecular formula is C24H24Cl2N4O4. The Balaban J connectivity index is 1.92. The highest BCUT2D eigenvalue weighted by atomic mass is 35.5. The van der Waals surface area contributed by atoms with Crippen molar-refractivity contribution in [2.24, 2.45) is 0 Å². The number of unbranched alkanes of at least 4 members (excludes halogenated alkanes) is 1. The van der Waals surface area contributed by atoms with E-state index in [0.717, 1.165) is 12.8 Å². The number of esters is 1. The number of aromatic nitrogens is 1. The standard InChI is InChI=1S/C24H24Cl2N4O4/c1-3-4-11-18(23(32)34-2)28-22(31)21-19(13-14-8-5-6-12-17(14)27-21)29-24(33)30-20-15(25)9-7-10-16(20)26/h5-10,12-13,18H,3-4,11H2,1-2H3,(H,28,31)(H2,29,30,33)/t18-/m0/s1. The molecule has 2 aromatic carbocycles. The summed E-state index contributed by atoms with van der Waals surface area (Å²) in [5.41, 5.74) is 0.879. The molecule has 0 saturated heterocycles. The number of carbonyl (C=O) groups excluding carboxylic acids is 3. The van der Waals surface area contributed by atoms with Crippen LogP contribution in [-0.2, 0) is 9.53 Å². The van der Waals surface area contributed by atoms with Crippen LogP contribution in [0.4, 0.5) is 16.2 Å². The number of benzene rings is 2. The first-order valence-corrected chi connectivity index (χ1v) is 11.4. The Hall–Kier alpha value is -3.36. The number of anilines is 2. The molecule has 3 N–H and O–H groups in total. The van der Waals surface area contributed by atoms with Crippen LogP contribution >= 0.6 is 23.2 Å². The largest absolute Gasteiger partial charge is 0.467 e. The molecule has 0 saturated carbocycles. The van der Waals surface area contributed by atoms with E-state index in [-0.39, 0.29) is 27.1 Å². The van der Waals surface area contributed by atoms with Crippen molar-refractivity contribution in [1.82, 2.24) is 10.3 Å². The Bertz CT molecular complexity index is 1200. The van der Waals surface area contributed by atoms with Gasteiger partial charge in [0.1, 0.15) is 6.04 Å². The van der Waals surface area contributed by atoms with Crippen LogP contribution in [0.5, 0.6) is 0 Å².